The molecule has 0 bridgehead atoms. The Hall–Kier alpha value is -3.71. The van der Waals surface area contributed by atoms with Gasteiger partial charge in [0.1, 0.15) is 59.1 Å². The SMILES string of the molecule is COc1cc(O)c2c(=O)c(O[C@@H]3O[C@H](CO)[C@H](O)[C@H](O)[C@@H]3O[C@@H]3O[C@H](C)[C@H](O)[C@H](O)[C@@H]3O)c(-c3ccc(O)c(O)c3)oc2c1. The van der Waals surface area contributed by atoms with E-state index in [1.165, 1.54) is 26.2 Å². The van der Waals surface area contributed by atoms with Crippen LogP contribution in [-0.2, 0) is 14.2 Å². The number of methoxy groups -OCH3 is 1. The number of aromatic hydroxyl groups is 3. The van der Waals surface area contributed by atoms with E-state index in [1.807, 2.05) is 0 Å². The Balaban J connectivity index is 1.63. The molecular formula is C28H32O16. The summed E-state index contributed by atoms with van der Waals surface area (Å²) in [4.78, 5) is 13.9. The lowest BCUT2D eigenvalue weighted by Gasteiger charge is -2.45. The van der Waals surface area contributed by atoms with Crippen LogP contribution in [0.1, 0.15) is 6.92 Å². The summed E-state index contributed by atoms with van der Waals surface area (Å²) in [6, 6.07) is 5.88. The van der Waals surface area contributed by atoms with E-state index in [-0.39, 0.29) is 28.0 Å². The third kappa shape index (κ3) is 5.63. The van der Waals surface area contributed by atoms with Crippen molar-refractivity contribution in [3.05, 3.63) is 40.6 Å². The maximum Gasteiger partial charge on any atom is 0.239 e. The van der Waals surface area contributed by atoms with Crippen LogP contribution in [0.5, 0.6) is 28.7 Å². The maximum absolute atomic E-state index is 13.9. The first kappa shape index (κ1) is 31.7. The van der Waals surface area contributed by atoms with E-state index in [0.29, 0.717) is 0 Å². The van der Waals surface area contributed by atoms with Crippen LogP contribution >= 0.6 is 0 Å². The van der Waals surface area contributed by atoms with Crippen molar-refractivity contribution in [1.29, 1.82) is 0 Å². The summed E-state index contributed by atoms with van der Waals surface area (Å²) >= 11 is 0. The molecule has 0 radical (unpaired) electrons. The highest BCUT2D eigenvalue weighted by Crippen LogP contribution is 2.40. The fourth-order valence-corrected chi connectivity index (χ4v) is 5.03. The lowest BCUT2D eigenvalue weighted by atomic mass is 9.97. The van der Waals surface area contributed by atoms with Gasteiger partial charge in [0.2, 0.25) is 17.5 Å². The van der Waals surface area contributed by atoms with Crippen LogP contribution in [0.15, 0.2) is 39.5 Å². The van der Waals surface area contributed by atoms with Gasteiger partial charge in [0.05, 0.1) is 19.8 Å². The van der Waals surface area contributed by atoms with Crippen molar-refractivity contribution in [2.75, 3.05) is 13.7 Å². The first-order valence-corrected chi connectivity index (χ1v) is 13.4. The molecule has 16 nitrogen and oxygen atoms in total. The molecule has 2 aromatic carbocycles. The minimum Gasteiger partial charge on any atom is -0.507 e. The second kappa shape index (κ2) is 12.4. The molecule has 240 valence electrons. The third-order valence-corrected chi connectivity index (χ3v) is 7.54. The normalized spacial score (nSPS) is 32.5. The lowest BCUT2D eigenvalue weighted by Crippen LogP contribution is -2.64. The van der Waals surface area contributed by atoms with Gasteiger partial charge in [-0.3, -0.25) is 4.79 Å². The van der Waals surface area contributed by atoms with Gasteiger partial charge in [-0.25, -0.2) is 0 Å². The van der Waals surface area contributed by atoms with Crippen LogP contribution in [0.4, 0.5) is 0 Å². The number of benzene rings is 2. The first-order chi connectivity index (χ1) is 20.9. The molecule has 0 saturated carbocycles. The van der Waals surface area contributed by atoms with Crippen molar-refractivity contribution in [2.24, 2.45) is 0 Å². The molecule has 5 rings (SSSR count). The lowest BCUT2D eigenvalue weighted by molar-refractivity contribution is -0.354. The van der Waals surface area contributed by atoms with Crippen molar-refractivity contribution in [1.82, 2.24) is 0 Å². The van der Waals surface area contributed by atoms with Crippen LogP contribution in [0.3, 0.4) is 0 Å². The Labute approximate surface area is 248 Å². The Bertz CT molecular complexity index is 1560. The molecule has 0 spiro atoms. The number of phenols is 3. The van der Waals surface area contributed by atoms with Crippen molar-refractivity contribution < 1.29 is 74.1 Å². The summed E-state index contributed by atoms with van der Waals surface area (Å²) in [6.45, 7) is 0.566. The van der Waals surface area contributed by atoms with Gasteiger partial charge < -0.3 is 74.1 Å². The molecule has 10 atom stereocenters. The molecule has 0 unspecified atom stereocenters. The summed E-state index contributed by atoms with van der Waals surface area (Å²) in [5.41, 5.74) is -1.14. The fraction of sp³-hybridized carbons (Fsp3) is 0.464. The van der Waals surface area contributed by atoms with Crippen molar-refractivity contribution in [2.45, 2.75) is 68.3 Å². The van der Waals surface area contributed by atoms with E-state index in [4.69, 9.17) is 28.1 Å². The van der Waals surface area contributed by atoms with Crippen LogP contribution < -0.4 is 14.9 Å². The van der Waals surface area contributed by atoms with Gasteiger partial charge in [0, 0.05) is 17.7 Å². The molecule has 0 amide bonds. The zero-order valence-electron chi connectivity index (χ0n) is 23.3. The van der Waals surface area contributed by atoms with Crippen LogP contribution in [0, 0.1) is 0 Å². The summed E-state index contributed by atoms with van der Waals surface area (Å²) < 4.78 is 33.7. The number of hydrogen-bond acceptors (Lipinski definition) is 16. The summed E-state index contributed by atoms with van der Waals surface area (Å²) in [7, 11) is 1.32. The quantitative estimate of drug-likeness (QED) is 0.137. The van der Waals surface area contributed by atoms with E-state index in [9.17, 15) is 50.8 Å². The average Bonchev–Trinajstić information content (AvgIpc) is 3.00. The highest BCUT2D eigenvalue weighted by molar-refractivity contribution is 5.88. The number of fused-ring (bicyclic) bond motifs is 1. The molecule has 2 saturated heterocycles. The molecule has 1 aromatic heterocycles. The topological polar surface area (TPSA) is 258 Å². The maximum atomic E-state index is 13.9. The Morgan fingerprint density at radius 2 is 1.55 bits per heavy atom. The molecule has 2 aliphatic rings. The number of ether oxygens (including phenoxy) is 5. The smallest absolute Gasteiger partial charge is 0.239 e. The van der Waals surface area contributed by atoms with E-state index < -0.39 is 96.4 Å². The first-order valence-electron chi connectivity index (χ1n) is 13.4. The van der Waals surface area contributed by atoms with Gasteiger partial charge in [-0.05, 0) is 25.1 Å². The van der Waals surface area contributed by atoms with Gasteiger partial charge in [0.15, 0.2) is 29.7 Å². The fourth-order valence-electron chi connectivity index (χ4n) is 5.03. The van der Waals surface area contributed by atoms with Gasteiger partial charge in [-0.1, -0.05) is 0 Å². The Kier molecular flexibility index (Phi) is 8.90. The minimum atomic E-state index is -1.90. The van der Waals surface area contributed by atoms with E-state index in [2.05, 4.69) is 0 Å². The summed E-state index contributed by atoms with van der Waals surface area (Å²) in [6.07, 6.45) is -16.5. The van der Waals surface area contributed by atoms with E-state index >= 15 is 0 Å². The number of hydrogen-bond donors (Lipinski definition) is 9. The Morgan fingerprint density at radius 3 is 2.20 bits per heavy atom. The number of aliphatic hydroxyl groups excluding tert-OH is 6. The third-order valence-electron chi connectivity index (χ3n) is 7.54. The highest BCUT2D eigenvalue weighted by Gasteiger charge is 2.51. The second-order valence-electron chi connectivity index (χ2n) is 10.4. The predicted molar refractivity (Wildman–Crippen MR) is 145 cm³/mol. The molecular weight excluding hydrogens is 592 g/mol. The molecule has 0 aliphatic carbocycles. The van der Waals surface area contributed by atoms with Crippen molar-refractivity contribution >= 4 is 11.0 Å². The minimum absolute atomic E-state index is 0.00106. The molecule has 9 N–H and O–H groups in total. The Morgan fingerprint density at radius 1 is 0.818 bits per heavy atom. The van der Waals surface area contributed by atoms with Gasteiger partial charge >= 0.3 is 0 Å². The van der Waals surface area contributed by atoms with Gasteiger partial charge in [-0.15, -0.1) is 0 Å². The molecule has 3 heterocycles. The zero-order chi connectivity index (χ0) is 32.0. The largest absolute Gasteiger partial charge is 0.507 e. The van der Waals surface area contributed by atoms with Crippen LogP contribution in [0.25, 0.3) is 22.3 Å². The van der Waals surface area contributed by atoms with Gasteiger partial charge in [0.25, 0.3) is 0 Å². The molecule has 2 aliphatic heterocycles. The predicted octanol–water partition coefficient (Wildman–Crippen LogP) is -1.38. The van der Waals surface area contributed by atoms with E-state index in [0.717, 1.165) is 18.2 Å². The van der Waals surface area contributed by atoms with Crippen molar-refractivity contribution in [3.8, 4) is 40.1 Å². The number of phenolic OH excluding ortho intramolecular Hbond substituents is 3. The molecule has 44 heavy (non-hydrogen) atoms. The summed E-state index contributed by atoms with van der Waals surface area (Å²) in [5.74, 6) is -2.51. The van der Waals surface area contributed by atoms with E-state index in [1.54, 1.807) is 0 Å². The molecule has 16 heteroatoms. The monoisotopic (exact) mass is 624 g/mol. The molecule has 2 fully saturated rings. The average molecular weight is 625 g/mol. The van der Waals surface area contributed by atoms with Crippen molar-refractivity contribution in [3.63, 3.8) is 0 Å². The zero-order valence-corrected chi connectivity index (χ0v) is 23.3. The summed E-state index contributed by atoms with van der Waals surface area (Å²) in [5, 5.41) is 92.3. The number of rotatable bonds is 7. The van der Waals surface area contributed by atoms with Crippen LogP contribution in [-0.4, -0.2) is 121 Å². The van der Waals surface area contributed by atoms with Gasteiger partial charge in [-0.2, -0.15) is 0 Å². The van der Waals surface area contributed by atoms with Crippen LogP contribution in [0.2, 0.25) is 0 Å². The second-order valence-corrected chi connectivity index (χ2v) is 10.4. The number of aliphatic hydroxyl groups is 6. The standard InChI is InChI=1S/C28H32O16/c1-9-18(33)21(36)23(38)27(40-9)44-26-22(37)19(34)16(8-29)42-28(26)43-25-20(35)17-14(32)6-11(39-2)7-15(17)41-24(25)10-3-4-12(30)13(31)5-10/h3-7,9,16,18-19,21-23,26-34,36-38H,8H2,1-2H3/t9-,16-,18+,19+,21+,22+,23+,26+,27+,28+/m1/s1. The molecule has 3 aromatic rings. The highest BCUT2D eigenvalue weighted by atomic mass is 16.8.